The largest absolute Gasteiger partial charge is 0.493 e. The van der Waals surface area contributed by atoms with Crippen molar-refractivity contribution in [2.24, 2.45) is 5.92 Å². The second-order valence-electron chi connectivity index (χ2n) is 5.37. The fourth-order valence-electron chi connectivity index (χ4n) is 2.99. The van der Waals surface area contributed by atoms with Crippen molar-refractivity contribution in [2.75, 3.05) is 14.2 Å². The standard InChI is InChI=1S/C16H25NO2/c1-12(13-7-4-5-8-13)17-11-14-9-6-10-15(18-2)16(14)19-3/h6,9-10,12-13,17H,4-5,7-8,11H2,1-3H3/t12-/m0/s1. The van der Waals surface area contributed by atoms with Crippen molar-refractivity contribution >= 4 is 0 Å². The molecule has 1 aromatic carbocycles. The number of hydrogen-bond acceptors (Lipinski definition) is 3. The topological polar surface area (TPSA) is 30.5 Å². The Balaban J connectivity index is 1.98. The van der Waals surface area contributed by atoms with Crippen LogP contribution in [0.2, 0.25) is 0 Å². The van der Waals surface area contributed by atoms with Crippen LogP contribution < -0.4 is 14.8 Å². The lowest BCUT2D eigenvalue weighted by Crippen LogP contribution is -2.31. The van der Waals surface area contributed by atoms with Crippen LogP contribution in [0.15, 0.2) is 18.2 Å². The fourth-order valence-corrected chi connectivity index (χ4v) is 2.99. The van der Waals surface area contributed by atoms with E-state index in [2.05, 4.69) is 18.3 Å². The molecule has 0 radical (unpaired) electrons. The van der Waals surface area contributed by atoms with E-state index in [0.29, 0.717) is 6.04 Å². The molecule has 106 valence electrons. The Hall–Kier alpha value is -1.22. The monoisotopic (exact) mass is 263 g/mol. The van der Waals surface area contributed by atoms with Crippen molar-refractivity contribution < 1.29 is 9.47 Å². The second kappa shape index (κ2) is 6.80. The Morgan fingerprint density at radius 2 is 1.95 bits per heavy atom. The molecule has 1 atom stereocenters. The molecule has 1 aromatic rings. The van der Waals surface area contributed by atoms with Gasteiger partial charge in [-0.2, -0.15) is 0 Å². The third-order valence-corrected chi connectivity index (χ3v) is 4.21. The van der Waals surface area contributed by atoms with E-state index in [1.807, 2.05) is 12.1 Å². The first-order valence-corrected chi connectivity index (χ1v) is 7.19. The highest BCUT2D eigenvalue weighted by Crippen LogP contribution is 2.31. The number of benzene rings is 1. The molecule has 19 heavy (non-hydrogen) atoms. The summed E-state index contributed by atoms with van der Waals surface area (Å²) in [6.07, 6.45) is 5.51. The number of ether oxygens (including phenoxy) is 2. The summed E-state index contributed by atoms with van der Waals surface area (Å²) < 4.78 is 10.8. The molecule has 1 fully saturated rings. The zero-order valence-electron chi connectivity index (χ0n) is 12.2. The number of nitrogens with one attached hydrogen (secondary N) is 1. The maximum atomic E-state index is 5.46. The van der Waals surface area contributed by atoms with Gasteiger partial charge in [-0.1, -0.05) is 25.0 Å². The summed E-state index contributed by atoms with van der Waals surface area (Å²) in [4.78, 5) is 0. The van der Waals surface area contributed by atoms with E-state index in [4.69, 9.17) is 9.47 Å². The number of methoxy groups -OCH3 is 2. The second-order valence-corrected chi connectivity index (χ2v) is 5.37. The van der Waals surface area contributed by atoms with E-state index in [9.17, 15) is 0 Å². The minimum atomic E-state index is 0.568. The van der Waals surface area contributed by atoms with Gasteiger partial charge in [0.25, 0.3) is 0 Å². The summed E-state index contributed by atoms with van der Waals surface area (Å²) >= 11 is 0. The van der Waals surface area contributed by atoms with E-state index in [-0.39, 0.29) is 0 Å². The van der Waals surface area contributed by atoms with Crippen LogP contribution in [0.3, 0.4) is 0 Å². The van der Waals surface area contributed by atoms with Crippen LogP contribution in [0.25, 0.3) is 0 Å². The maximum absolute atomic E-state index is 5.46. The molecular formula is C16H25NO2. The molecule has 0 aromatic heterocycles. The lowest BCUT2D eigenvalue weighted by molar-refractivity contribution is 0.344. The van der Waals surface area contributed by atoms with Gasteiger partial charge in [0.15, 0.2) is 11.5 Å². The number of hydrogen-bond donors (Lipinski definition) is 1. The lowest BCUT2D eigenvalue weighted by atomic mass is 9.99. The van der Waals surface area contributed by atoms with Gasteiger partial charge < -0.3 is 14.8 Å². The molecule has 2 rings (SSSR count). The number of para-hydroxylation sites is 1. The molecule has 3 heteroatoms. The summed E-state index contributed by atoms with van der Waals surface area (Å²) in [5.74, 6) is 2.48. The van der Waals surface area contributed by atoms with Crippen LogP contribution >= 0.6 is 0 Å². The summed E-state index contributed by atoms with van der Waals surface area (Å²) in [7, 11) is 3.37. The highest BCUT2D eigenvalue weighted by atomic mass is 16.5. The highest BCUT2D eigenvalue weighted by molar-refractivity contribution is 5.46. The van der Waals surface area contributed by atoms with Crippen LogP contribution in [0.1, 0.15) is 38.2 Å². The van der Waals surface area contributed by atoms with Gasteiger partial charge in [-0.25, -0.2) is 0 Å². The molecule has 1 aliphatic rings. The Labute approximate surface area is 116 Å². The third-order valence-electron chi connectivity index (χ3n) is 4.21. The van der Waals surface area contributed by atoms with E-state index in [0.717, 1.165) is 29.5 Å². The summed E-state index contributed by atoms with van der Waals surface area (Å²) in [5, 5.41) is 3.63. The Morgan fingerprint density at radius 3 is 2.58 bits per heavy atom. The van der Waals surface area contributed by atoms with Crippen molar-refractivity contribution in [3.05, 3.63) is 23.8 Å². The van der Waals surface area contributed by atoms with E-state index < -0.39 is 0 Å². The number of rotatable bonds is 6. The fraction of sp³-hybridized carbons (Fsp3) is 0.625. The van der Waals surface area contributed by atoms with Crippen molar-refractivity contribution in [2.45, 2.75) is 45.2 Å². The van der Waals surface area contributed by atoms with Crippen LogP contribution in [0, 0.1) is 5.92 Å². The first-order chi connectivity index (χ1) is 9.26. The normalized spacial score (nSPS) is 17.4. The summed E-state index contributed by atoms with van der Waals surface area (Å²) in [6.45, 7) is 3.13. The van der Waals surface area contributed by atoms with E-state index >= 15 is 0 Å². The zero-order valence-corrected chi connectivity index (χ0v) is 12.2. The molecular weight excluding hydrogens is 238 g/mol. The zero-order chi connectivity index (χ0) is 13.7. The van der Waals surface area contributed by atoms with Gasteiger partial charge in [0.2, 0.25) is 0 Å². The Kier molecular flexibility index (Phi) is 5.08. The van der Waals surface area contributed by atoms with E-state index in [1.54, 1.807) is 14.2 Å². The SMILES string of the molecule is COc1cccc(CN[C@@H](C)C2CCCC2)c1OC. The van der Waals surface area contributed by atoms with Gasteiger partial charge in [-0.05, 0) is 31.7 Å². The van der Waals surface area contributed by atoms with Crippen LogP contribution in [0.4, 0.5) is 0 Å². The average Bonchev–Trinajstić information content (AvgIpc) is 2.98. The average molecular weight is 263 g/mol. The van der Waals surface area contributed by atoms with Crippen molar-refractivity contribution in [3.63, 3.8) is 0 Å². The molecule has 1 aliphatic carbocycles. The Bertz CT molecular complexity index is 400. The van der Waals surface area contributed by atoms with Crippen molar-refractivity contribution in [1.29, 1.82) is 0 Å². The van der Waals surface area contributed by atoms with Crippen LogP contribution in [-0.4, -0.2) is 20.3 Å². The van der Waals surface area contributed by atoms with Crippen molar-refractivity contribution in [1.82, 2.24) is 5.32 Å². The molecule has 3 nitrogen and oxygen atoms in total. The highest BCUT2D eigenvalue weighted by Gasteiger charge is 2.21. The molecule has 0 bridgehead atoms. The molecule has 1 N–H and O–H groups in total. The molecule has 1 saturated carbocycles. The molecule has 0 saturated heterocycles. The summed E-state index contributed by atoms with van der Waals surface area (Å²) in [5.41, 5.74) is 1.16. The van der Waals surface area contributed by atoms with Gasteiger partial charge in [0, 0.05) is 18.2 Å². The quantitative estimate of drug-likeness (QED) is 0.853. The first kappa shape index (κ1) is 14.2. The summed E-state index contributed by atoms with van der Waals surface area (Å²) in [6, 6.07) is 6.61. The molecule has 0 spiro atoms. The molecule has 0 unspecified atom stereocenters. The van der Waals surface area contributed by atoms with Crippen LogP contribution in [-0.2, 0) is 6.54 Å². The minimum Gasteiger partial charge on any atom is -0.493 e. The van der Waals surface area contributed by atoms with Gasteiger partial charge in [-0.15, -0.1) is 0 Å². The predicted octanol–water partition coefficient (Wildman–Crippen LogP) is 3.37. The lowest BCUT2D eigenvalue weighted by Gasteiger charge is -2.21. The third kappa shape index (κ3) is 3.41. The van der Waals surface area contributed by atoms with Crippen molar-refractivity contribution in [3.8, 4) is 11.5 Å². The Morgan fingerprint density at radius 1 is 1.21 bits per heavy atom. The first-order valence-electron chi connectivity index (χ1n) is 7.19. The van der Waals surface area contributed by atoms with E-state index in [1.165, 1.54) is 25.7 Å². The van der Waals surface area contributed by atoms with Crippen LogP contribution in [0.5, 0.6) is 11.5 Å². The van der Waals surface area contributed by atoms with Gasteiger partial charge in [0.1, 0.15) is 0 Å². The van der Waals surface area contributed by atoms with Gasteiger partial charge in [0.05, 0.1) is 14.2 Å². The van der Waals surface area contributed by atoms with Gasteiger partial charge in [-0.3, -0.25) is 0 Å². The smallest absolute Gasteiger partial charge is 0.165 e. The van der Waals surface area contributed by atoms with Gasteiger partial charge >= 0.3 is 0 Å². The predicted molar refractivity (Wildman–Crippen MR) is 77.8 cm³/mol. The maximum Gasteiger partial charge on any atom is 0.165 e. The molecule has 0 aliphatic heterocycles. The minimum absolute atomic E-state index is 0.568. The molecule has 0 amide bonds. The molecule has 0 heterocycles.